The van der Waals surface area contributed by atoms with E-state index in [1.54, 1.807) is 55.8 Å². The Balaban J connectivity index is 0.000000175. The van der Waals surface area contributed by atoms with E-state index in [0.29, 0.717) is 105 Å². The molecule has 0 saturated heterocycles. The average Bonchev–Trinajstić information content (AvgIpc) is 1.60. The molecule has 12 heterocycles. The fourth-order valence-electron chi connectivity index (χ4n) is 14.5. The van der Waals surface area contributed by atoms with Gasteiger partial charge in [0.1, 0.15) is 33.9 Å². The Labute approximate surface area is 866 Å². The molecule has 0 aliphatic heterocycles. The van der Waals surface area contributed by atoms with Crippen molar-refractivity contribution in [2.24, 2.45) is 0 Å². The molecule has 18 rings (SSSR count). The van der Waals surface area contributed by atoms with Crippen LogP contribution < -0.4 is 0 Å². The number of nitrogens with zero attached hydrogens (tertiary/aromatic N) is 18. The minimum Gasteiger partial charge on any atom is -0.348 e. The molecular weight excluding hydrogens is 1720 g/mol. The lowest BCUT2D eigenvalue weighted by molar-refractivity contribution is -0.128. The molecule has 6 amide bonds. The summed E-state index contributed by atoms with van der Waals surface area (Å²) < 4.78 is 324. The van der Waals surface area contributed by atoms with Crippen molar-refractivity contribution in [2.45, 2.75) is 121 Å². The topological polar surface area (TPSA) is 226 Å². The number of aromatic nitrogens is 12. The fraction of sp³-hybridized carbons (Fsp3) is 0.263. The van der Waals surface area contributed by atoms with Gasteiger partial charge in [0, 0.05) is 200 Å². The van der Waals surface area contributed by atoms with Crippen LogP contribution in [0.25, 0.3) is 101 Å². The number of likely N-dealkylation sites (N-methyl/N-ethyl adjacent to an activating group) is 6. The van der Waals surface area contributed by atoms with E-state index in [2.05, 4.69) is 29.9 Å². The van der Waals surface area contributed by atoms with Crippen LogP contribution in [0.2, 0.25) is 0 Å². The van der Waals surface area contributed by atoms with Crippen molar-refractivity contribution in [3.63, 3.8) is 0 Å². The van der Waals surface area contributed by atoms with E-state index >= 15 is 0 Å². The van der Waals surface area contributed by atoms with Crippen LogP contribution in [0, 0.1) is 82.7 Å². The number of carbonyl (C=O) groups is 6. The minimum absolute atomic E-state index is 0.0173. The van der Waals surface area contributed by atoms with Gasteiger partial charge in [-0.15, -0.1) is 0 Å². The van der Waals surface area contributed by atoms with Gasteiger partial charge in [0.2, 0.25) is 35.4 Å². The van der Waals surface area contributed by atoms with Gasteiger partial charge in [0.15, 0.2) is 0 Å². The summed E-state index contributed by atoms with van der Waals surface area (Å²) in [6.45, 7) is -14.6. The molecule has 12 aromatic heterocycles. The lowest BCUT2D eigenvalue weighted by Gasteiger charge is -2.11. The largest absolute Gasteiger partial charge is 0.348 e. The molecule has 0 aliphatic carbocycles. The third kappa shape index (κ3) is 24.1. The summed E-state index contributed by atoms with van der Waals surface area (Å²) in [5.74, 6) is -3.84. The zero-order valence-corrected chi connectivity index (χ0v) is 77.9. The van der Waals surface area contributed by atoms with Crippen molar-refractivity contribution in [1.82, 2.24) is 85.7 Å². The summed E-state index contributed by atoms with van der Waals surface area (Å²) in [6, 6.07) is 45.4. The lowest BCUT2D eigenvalue weighted by atomic mass is 10.1. The lowest BCUT2D eigenvalue weighted by Crippen LogP contribution is -2.24. The van der Waals surface area contributed by atoms with E-state index in [4.69, 9.17) is 56.2 Å². The molecule has 0 radical (unpaired) electrons. The Morgan fingerprint density at radius 3 is 0.572 bits per heavy atom. The predicted octanol–water partition coefficient (Wildman–Crippen LogP) is 19.5. The van der Waals surface area contributed by atoms with Crippen molar-refractivity contribution in [3.8, 4) is 67.5 Å². The molecule has 708 valence electrons. The van der Waals surface area contributed by atoms with Gasteiger partial charge in [-0.1, -0.05) is 215 Å². The quantitative estimate of drug-likeness (QED) is 0.0782. The van der Waals surface area contributed by atoms with Crippen LogP contribution in [0.5, 0.6) is 0 Å². The molecule has 0 N–H and O–H groups in total. The number of pyridine rings is 6. The highest BCUT2D eigenvalue weighted by molar-refractivity contribution is 5.87. The van der Waals surface area contributed by atoms with Crippen LogP contribution in [-0.2, 0) is 67.3 Å². The highest BCUT2D eigenvalue weighted by atomic mass is 16.2. The van der Waals surface area contributed by atoms with Crippen molar-refractivity contribution in [2.75, 3.05) is 84.1 Å². The zero-order valence-electron chi connectivity index (χ0n) is 119. The molecule has 0 saturated carbocycles. The number of fused-ring (bicyclic) bond motifs is 6. The van der Waals surface area contributed by atoms with Crippen molar-refractivity contribution in [1.29, 1.82) is 0 Å². The van der Waals surface area contributed by atoms with Crippen molar-refractivity contribution >= 4 is 69.3 Å². The Bertz CT molecular complexity index is 9320. The van der Waals surface area contributed by atoms with Gasteiger partial charge in [0.05, 0.1) is 118 Å². The monoisotopic (exact) mass is 1880 g/mol. The van der Waals surface area contributed by atoms with Gasteiger partial charge < -0.3 is 55.8 Å². The Kier molecular flexibility index (Phi) is 18.6. The molecule has 24 nitrogen and oxygen atoms in total. The average molecular weight is 1890 g/mol. The van der Waals surface area contributed by atoms with Crippen LogP contribution in [0.4, 0.5) is 0 Å². The summed E-state index contributed by atoms with van der Waals surface area (Å²) in [5, 5.41) is 0. The highest BCUT2D eigenvalue weighted by Crippen LogP contribution is 2.34. The van der Waals surface area contributed by atoms with Gasteiger partial charge in [-0.3, -0.25) is 28.8 Å². The van der Waals surface area contributed by atoms with Gasteiger partial charge >= 0.3 is 0 Å². The normalized spacial score (nSPS) is 16.3. The maximum absolute atomic E-state index is 12.8. The number of aryl methyl sites for hydroxylation is 10. The number of amides is 6. The van der Waals surface area contributed by atoms with E-state index in [1.807, 2.05) is 130 Å². The molecule has 24 heteroatoms. The summed E-state index contributed by atoms with van der Waals surface area (Å²) in [7, 11) is 7.22. The Morgan fingerprint density at radius 2 is 0.384 bits per heavy atom. The van der Waals surface area contributed by atoms with Crippen LogP contribution in [0.1, 0.15) is 157 Å². The van der Waals surface area contributed by atoms with Gasteiger partial charge in [-0.25, -0.2) is 29.9 Å². The third-order valence-electron chi connectivity index (χ3n) is 21.8. The standard InChI is InChI=1S/6C19H21N3O/c6*1-13-5-8-15(9-6-13)19-16(11-18(23)21(3)4)22-12-14(2)7-10-17(22)20-19/h6*5-10,12H,11H2,1-4H3/i2D3,3D3,5D,6D,8D,9D;3D3,5D,6D,8D,9D;1D3,2D3,3D3;2D3,3D3;1D3,3D3;3D3. The molecule has 0 spiro atoms. The second-order valence-corrected chi connectivity index (χ2v) is 32.8. The molecule has 0 atom stereocenters. The third-order valence-corrected chi connectivity index (χ3v) is 21.8. The van der Waals surface area contributed by atoms with Crippen LogP contribution in [0.3, 0.4) is 0 Å². The summed E-state index contributed by atoms with van der Waals surface area (Å²) in [5.41, 5.74) is 15.8. The minimum atomic E-state index is -2.71. The second-order valence-electron chi connectivity index (χ2n) is 32.8. The predicted molar refractivity (Wildman–Crippen MR) is 555 cm³/mol. The Hall–Kier alpha value is -15.7. The SMILES string of the molecule is [2H]C([2H])([2H])N(C)C(=O)Cc1c(-c2ccc(C)cc2)nc2ccc(C)cn12.[2H]C([2H])([2H])c1ccc(-c2nc3ccc(C([2H])([2H])[2H])cn3c2CC(=O)N(C)C([2H])([2H])[2H])cc1.[2H]C([2H])([2H])c1ccc(-c2nc3ccc(C)cn3c2CC(=O)N(C)C([2H])([2H])[2H])cc1.[2H]C([2H])([2H])c1ccc2nc(-c3ccc(C)cc3)c(CC(=O)N(C)C([2H])([2H])[2H])n2c1.[2H]c1c([2H])c(-c2nc3ccc(C([2H])([2H])[2H])cn3c2CC(=O)N(C)C([2H])([2H])[2H])c([2H])c([2H])c1C.[2H]c1c([2H])c(-c2nc3ccc(C)cn3c2CC(=O)N(C)C([2H])([2H])[2H])c([2H])c([2H])c1C. The van der Waals surface area contributed by atoms with E-state index in [9.17, 15) is 28.8 Å². The van der Waals surface area contributed by atoms with Gasteiger partial charge in [-0.2, -0.15) is 0 Å². The summed E-state index contributed by atoms with van der Waals surface area (Å²) in [6.07, 6.45) is 7.89. The van der Waals surface area contributed by atoms with E-state index in [1.165, 1.54) is 124 Å². The first-order chi connectivity index (χ1) is 82.4. The highest BCUT2D eigenvalue weighted by Gasteiger charge is 2.26. The maximum Gasteiger partial charge on any atom is 0.228 e. The van der Waals surface area contributed by atoms with Gasteiger partial charge in [-0.05, 0) is 153 Å². The van der Waals surface area contributed by atoms with Crippen molar-refractivity contribution < 1.29 is 85.0 Å². The summed E-state index contributed by atoms with van der Waals surface area (Å²) >= 11 is 0. The number of carbonyl (C=O) groups excluding carboxylic acids is 6. The van der Waals surface area contributed by atoms with E-state index in [0.717, 1.165) is 68.5 Å². The molecule has 0 bridgehead atoms. The molecule has 6 aromatic carbocycles. The molecule has 0 unspecified atom stereocenters. The number of hydrogen-bond acceptors (Lipinski definition) is 12. The number of hydrogen-bond donors (Lipinski definition) is 0. The number of rotatable bonds is 18. The first-order valence-corrected chi connectivity index (χ1v) is 43.0. The number of imidazole rings is 6. The summed E-state index contributed by atoms with van der Waals surface area (Å²) in [4.78, 5) is 107. The first kappa shape index (κ1) is 58.5. The van der Waals surface area contributed by atoms with Gasteiger partial charge in [0.25, 0.3) is 0 Å². The molecule has 138 heavy (non-hydrogen) atoms. The molecule has 0 fully saturated rings. The maximum atomic E-state index is 12.8. The smallest absolute Gasteiger partial charge is 0.228 e. The van der Waals surface area contributed by atoms with Crippen LogP contribution in [0.15, 0.2) is 255 Å². The van der Waals surface area contributed by atoms with Crippen LogP contribution >= 0.6 is 0 Å². The first-order valence-electron chi connectivity index (χ1n) is 63.5. The number of benzene rings is 6. The molecular formula is C114H126N18O6. The zero-order chi connectivity index (χ0) is 134. The second kappa shape index (κ2) is 43.7. The van der Waals surface area contributed by atoms with Crippen LogP contribution in [-0.4, -0.2) is 205 Å². The fourth-order valence-corrected chi connectivity index (χ4v) is 14.5. The molecule has 0 aliphatic rings. The Morgan fingerprint density at radius 1 is 0.217 bits per heavy atom. The molecule has 18 aromatic rings. The van der Waals surface area contributed by atoms with Crippen molar-refractivity contribution in [3.05, 3.63) is 356 Å². The van der Waals surface area contributed by atoms with E-state index < -0.39 is 118 Å². The van der Waals surface area contributed by atoms with E-state index in [-0.39, 0.29) is 153 Å².